The van der Waals surface area contributed by atoms with Crippen molar-refractivity contribution in [3.63, 3.8) is 0 Å². The van der Waals surface area contributed by atoms with E-state index in [0.717, 1.165) is 42.8 Å². The normalized spacial score (nSPS) is 16.8. The molecule has 0 fully saturated rings. The lowest BCUT2D eigenvalue weighted by Gasteiger charge is -2.30. The number of pyridine rings is 2. The molecule has 25 heavy (non-hydrogen) atoms. The van der Waals surface area contributed by atoms with E-state index in [9.17, 15) is 4.79 Å². The molecule has 0 saturated carbocycles. The molecule has 128 valence electrons. The molecule has 0 radical (unpaired) electrons. The van der Waals surface area contributed by atoms with Crippen molar-refractivity contribution in [1.82, 2.24) is 24.6 Å². The summed E-state index contributed by atoms with van der Waals surface area (Å²) >= 11 is 0. The summed E-state index contributed by atoms with van der Waals surface area (Å²) in [6.07, 6.45) is 6.18. The van der Waals surface area contributed by atoms with Gasteiger partial charge in [0.1, 0.15) is 0 Å². The second-order valence-electron chi connectivity index (χ2n) is 6.53. The van der Waals surface area contributed by atoms with Gasteiger partial charge in [0.15, 0.2) is 5.82 Å². The first kappa shape index (κ1) is 15.8. The summed E-state index contributed by atoms with van der Waals surface area (Å²) in [6, 6.07) is 11.9. The molecule has 0 aliphatic heterocycles. The lowest BCUT2D eigenvalue weighted by molar-refractivity contribution is 0.211. The summed E-state index contributed by atoms with van der Waals surface area (Å²) in [5.74, 6) is 0.639. The third kappa shape index (κ3) is 3.13. The molecule has 0 spiro atoms. The lowest BCUT2D eigenvalue weighted by atomic mass is 9.92. The van der Waals surface area contributed by atoms with Crippen LogP contribution in [0.1, 0.15) is 23.4 Å². The Labute approximate surface area is 146 Å². The van der Waals surface area contributed by atoms with Crippen LogP contribution in [0.25, 0.3) is 5.82 Å². The van der Waals surface area contributed by atoms with Crippen molar-refractivity contribution in [1.29, 1.82) is 0 Å². The summed E-state index contributed by atoms with van der Waals surface area (Å²) < 4.78 is 1.56. The highest BCUT2D eigenvalue weighted by molar-refractivity contribution is 5.28. The number of hydrogen-bond donors (Lipinski definition) is 1. The van der Waals surface area contributed by atoms with E-state index in [4.69, 9.17) is 0 Å². The smallest absolute Gasteiger partial charge is 0.276 e. The van der Waals surface area contributed by atoms with Gasteiger partial charge in [0, 0.05) is 36.2 Å². The van der Waals surface area contributed by atoms with E-state index in [-0.39, 0.29) is 5.56 Å². The van der Waals surface area contributed by atoms with Gasteiger partial charge in [0.2, 0.25) is 0 Å². The second-order valence-corrected chi connectivity index (χ2v) is 6.53. The molecule has 1 aliphatic rings. The number of aromatic nitrogens is 4. The zero-order valence-corrected chi connectivity index (χ0v) is 14.2. The molecular weight excluding hydrogens is 314 g/mol. The summed E-state index contributed by atoms with van der Waals surface area (Å²) in [5.41, 5.74) is 2.99. The lowest BCUT2D eigenvalue weighted by Crippen LogP contribution is -2.37. The van der Waals surface area contributed by atoms with Gasteiger partial charge in [-0.3, -0.25) is 19.8 Å². The Bertz CT molecular complexity index is 901. The molecule has 1 aliphatic carbocycles. The Kier molecular flexibility index (Phi) is 4.19. The van der Waals surface area contributed by atoms with Crippen LogP contribution in [0.5, 0.6) is 0 Å². The number of H-pyrrole nitrogens is 1. The minimum atomic E-state index is 0.0182. The van der Waals surface area contributed by atoms with E-state index in [2.05, 4.69) is 27.0 Å². The van der Waals surface area contributed by atoms with Crippen LogP contribution in [-0.4, -0.2) is 37.7 Å². The summed E-state index contributed by atoms with van der Waals surface area (Å²) in [7, 11) is 2.11. The van der Waals surface area contributed by atoms with Crippen LogP contribution >= 0.6 is 0 Å². The van der Waals surface area contributed by atoms with Crippen molar-refractivity contribution < 1.29 is 0 Å². The van der Waals surface area contributed by atoms with Crippen LogP contribution in [0.2, 0.25) is 0 Å². The number of rotatable bonds is 4. The van der Waals surface area contributed by atoms with Gasteiger partial charge in [-0.05, 0) is 50.6 Å². The highest BCUT2D eigenvalue weighted by atomic mass is 16.1. The Balaban J connectivity index is 1.55. The maximum atomic E-state index is 12.8. The predicted octanol–water partition coefficient (Wildman–Crippen LogP) is 1.94. The fourth-order valence-corrected chi connectivity index (χ4v) is 3.48. The van der Waals surface area contributed by atoms with Crippen LogP contribution in [0.15, 0.2) is 53.6 Å². The fourth-order valence-electron chi connectivity index (χ4n) is 3.48. The molecule has 4 rings (SSSR count). The zero-order valence-electron chi connectivity index (χ0n) is 14.2. The van der Waals surface area contributed by atoms with Crippen LogP contribution in [0.4, 0.5) is 0 Å². The van der Waals surface area contributed by atoms with Crippen LogP contribution in [-0.2, 0) is 19.4 Å². The van der Waals surface area contributed by atoms with Gasteiger partial charge in [-0.2, -0.15) is 0 Å². The maximum absolute atomic E-state index is 12.8. The molecule has 0 aromatic carbocycles. The molecule has 1 atom stereocenters. The molecule has 0 amide bonds. The summed E-state index contributed by atoms with van der Waals surface area (Å²) in [6.45, 7) is 0.791. The third-order valence-electron chi connectivity index (χ3n) is 4.88. The molecular formula is C19H21N5O. The van der Waals surface area contributed by atoms with Gasteiger partial charge in [0.25, 0.3) is 5.56 Å². The monoisotopic (exact) mass is 335 g/mol. The standard InChI is InChI=1S/C19H21N5O/c1-23(13-14-6-2-4-10-20-14)15-8-9-17-16(12-15)19(25)24(22-17)18-7-3-5-11-21-18/h2-7,10-11,15,22H,8-9,12-13H2,1H3. The van der Waals surface area contributed by atoms with E-state index < -0.39 is 0 Å². The zero-order chi connectivity index (χ0) is 17.2. The highest BCUT2D eigenvalue weighted by Gasteiger charge is 2.27. The van der Waals surface area contributed by atoms with E-state index in [1.807, 2.05) is 42.6 Å². The van der Waals surface area contributed by atoms with Crippen molar-refractivity contribution in [2.75, 3.05) is 7.05 Å². The molecule has 1 N–H and O–H groups in total. The fraction of sp³-hybridized carbons (Fsp3) is 0.316. The molecule has 0 saturated heterocycles. The maximum Gasteiger partial charge on any atom is 0.276 e. The van der Waals surface area contributed by atoms with Gasteiger partial charge in [-0.1, -0.05) is 12.1 Å². The molecule has 1 unspecified atom stereocenters. The average molecular weight is 335 g/mol. The van der Waals surface area contributed by atoms with Crippen LogP contribution in [0, 0.1) is 0 Å². The summed E-state index contributed by atoms with van der Waals surface area (Å²) in [4.78, 5) is 23.8. The van der Waals surface area contributed by atoms with Gasteiger partial charge in [-0.15, -0.1) is 0 Å². The number of aromatic amines is 1. The van der Waals surface area contributed by atoms with Crippen molar-refractivity contribution in [3.05, 3.63) is 76.1 Å². The quantitative estimate of drug-likeness (QED) is 0.791. The van der Waals surface area contributed by atoms with Gasteiger partial charge < -0.3 is 0 Å². The number of nitrogens with one attached hydrogen (secondary N) is 1. The van der Waals surface area contributed by atoms with Crippen molar-refractivity contribution >= 4 is 0 Å². The highest BCUT2D eigenvalue weighted by Crippen LogP contribution is 2.22. The first-order chi connectivity index (χ1) is 12.2. The van der Waals surface area contributed by atoms with Gasteiger partial charge >= 0.3 is 0 Å². The Morgan fingerprint density at radius 2 is 2.00 bits per heavy atom. The van der Waals surface area contributed by atoms with Gasteiger partial charge in [0.05, 0.1) is 5.69 Å². The largest absolute Gasteiger partial charge is 0.297 e. The van der Waals surface area contributed by atoms with Crippen LogP contribution < -0.4 is 5.56 Å². The Morgan fingerprint density at radius 3 is 2.72 bits per heavy atom. The van der Waals surface area contributed by atoms with Crippen LogP contribution in [0.3, 0.4) is 0 Å². The summed E-state index contributed by atoms with van der Waals surface area (Å²) in [5, 5.41) is 3.24. The Hall–Kier alpha value is -2.73. The minimum Gasteiger partial charge on any atom is -0.297 e. The molecule has 6 nitrogen and oxygen atoms in total. The van der Waals surface area contributed by atoms with Gasteiger partial charge in [-0.25, -0.2) is 9.67 Å². The van der Waals surface area contributed by atoms with E-state index in [0.29, 0.717) is 11.9 Å². The number of fused-ring (bicyclic) bond motifs is 1. The molecule has 0 bridgehead atoms. The average Bonchev–Trinajstić information content (AvgIpc) is 2.99. The SMILES string of the molecule is CN(Cc1ccccn1)C1CCc2[nH]n(-c3ccccn3)c(=O)c2C1. The van der Waals surface area contributed by atoms with E-state index in [1.54, 1.807) is 10.9 Å². The Morgan fingerprint density at radius 1 is 1.20 bits per heavy atom. The predicted molar refractivity (Wildman–Crippen MR) is 95.7 cm³/mol. The number of nitrogens with zero attached hydrogens (tertiary/aromatic N) is 4. The number of hydrogen-bond acceptors (Lipinski definition) is 4. The van der Waals surface area contributed by atoms with Crippen molar-refractivity contribution in [3.8, 4) is 5.82 Å². The third-order valence-corrected chi connectivity index (χ3v) is 4.88. The molecule has 3 aromatic heterocycles. The number of aryl methyl sites for hydroxylation is 1. The minimum absolute atomic E-state index is 0.0182. The van der Waals surface area contributed by atoms with Crippen molar-refractivity contribution in [2.45, 2.75) is 31.8 Å². The first-order valence-corrected chi connectivity index (χ1v) is 8.56. The number of likely N-dealkylation sites (N-methyl/N-ethyl adjacent to an activating group) is 1. The van der Waals surface area contributed by atoms with Crippen molar-refractivity contribution in [2.24, 2.45) is 0 Å². The topological polar surface area (TPSA) is 66.8 Å². The molecule has 3 heterocycles. The van der Waals surface area contributed by atoms with E-state index >= 15 is 0 Å². The molecule has 6 heteroatoms. The van der Waals surface area contributed by atoms with E-state index in [1.165, 1.54) is 0 Å². The second kappa shape index (κ2) is 6.64. The first-order valence-electron chi connectivity index (χ1n) is 8.56. The molecule has 3 aromatic rings.